The van der Waals surface area contributed by atoms with E-state index in [2.05, 4.69) is 26.1 Å². The topological polar surface area (TPSA) is 38.7 Å². The average Bonchev–Trinajstić information content (AvgIpc) is 2.01. The molecule has 0 atom stereocenters. The molecule has 0 amide bonds. The summed E-state index contributed by atoms with van der Waals surface area (Å²) in [6.45, 7) is 6.18. The maximum Gasteiger partial charge on any atom is 0.291 e. The Morgan fingerprint density at radius 1 is 1.20 bits per heavy atom. The van der Waals surface area contributed by atoms with E-state index in [1.165, 1.54) is 0 Å². The lowest BCUT2D eigenvalue weighted by Gasteiger charge is -2.21. The van der Waals surface area contributed by atoms with Crippen LogP contribution in [-0.4, -0.2) is 8.32 Å². The summed E-state index contributed by atoms with van der Waals surface area (Å²) in [6, 6.07) is 2.93. The van der Waals surface area contributed by atoms with Crippen molar-refractivity contribution in [2.24, 2.45) is 5.34 Å². The van der Waals surface area contributed by atoms with Crippen LogP contribution < -0.4 is 0 Å². The summed E-state index contributed by atoms with van der Waals surface area (Å²) < 4.78 is 4.89. The fourth-order valence-corrected chi connectivity index (χ4v) is 3.07. The summed E-state index contributed by atoms with van der Waals surface area (Å²) in [5.41, 5.74) is 0. The maximum absolute atomic E-state index is 9.86. The monoisotopic (exact) mass is 161 g/mol. The lowest BCUT2D eigenvalue weighted by molar-refractivity contribution is 0.315. The minimum absolute atomic E-state index is 0.978. The van der Waals surface area contributed by atoms with E-state index < -0.39 is 8.32 Å². The molecule has 0 unspecified atom stereocenters. The molecule has 0 aromatic carbocycles. The Kier molecular flexibility index (Phi) is 4.27. The van der Waals surface area contributed by atoms with Gasteiger partial charge in [-0.05, 0) is 18.1 Å². The van der Waals surface area contributed by atoms with Crippen LogP contribution in [0.25, 0.3) is 0 Å². The van der Waals surface area contributed by atoms with Crippen molar-refractivity contribution < 1.29 is 4.53 Å². The van der Waals surface area contributed by atoms with Crippen LogP contribution >= 0.6 is 0 Å². The van der Waals surface area contributed by atoms with Gasteiger partial charge in [0.1, 0.15) is 5.34 Å². The van der Waals surface area contributed by atoms with E-state index in [-0.39, 0.29) is 0 Å². The Morgan fingerprint density at radius 2 is 1.60 bits per heavy atom. The van der Waals surface area contributed by atoms with Gasteiger partial charge in [0.25, 0.3) is 8.32 Å². The van der Waals surface area contributed by atoms with Gasteiger partial charge in [0.05, 0.1) is 0 Å². The zero-order chi connectivity index (χ0) is 8.04. The first kappa shape index (κ1) is 9.62. The number of nitrogens with zero attached hydrogens (tertiary/aromatic N) is 1. The van der Waals surface area contributed by atoms with Crippen molar-refractivity contribution >= 4 is 8.32 Å². The van der Waals surface area contributed by atoms with Gasteiger partial charge in [-0.1, -0.05) is 20.8 Å². The Balaban J connectivity index is 4.00. The van der Waals surface area contributed by atoms with E-state index in [9.17, 15) is 4.91 Å². The summed E-state index contributed by atoms with van der Waals surface area (Å²) in [6.07, 6.45) is 0. The molecular formula is C6H15NO2Si. The molecule has 4 heteroatoms. The van der Waals surface area contributed by atoms with Crippen molar-refractivity contribution in [3.05, 3.63) is 4.91 Å². The van der Waals surface area contributed by atoms with Gasteiger partial charge in [0, 0.05) is 0 Å². The van der Waals surface area contributed by atoms with Gasteiger partial charge in [0.15, 0.2) is 0 Å². The highest BCUT2D eigenvalue weighted by molar-refractivity contribution is 6.73. The van der Waals surface area contributed by atoms with Gasteiger partial charge in [-0.3, -0.25) is 0 Å². The molecule has 0 bridgehead atoms. The smallest absolute Gasteiger partial charge is 0.291 e. The molecule has 3 nitrogen and oxygen atoms in total. The molecular weight excluding hydrogens is 146 g/mol. The summed E-state index contributed by atoms with van der Waals surface area (Å²) in [7, 11) is -1.70. The summed E-state index contributed by atoms with van der Waals surface area (Å²) in [4.78, 5) is 9.86. The van der Waals surface area contributed by atoms with E-state index >= 15 is 0 Å². The molecule has 0 heterocycles. The second kappa shape index (κ2) is 4.44. The molecule has 0 aliphatic rings. The maximum atomic E-state index is 9.86. The van der Waals surface area contributed by atoms with Crippen molar-refractivity contribution in [3.63, 3.8) is 0 Å². The molecule has 60 valence electrons. The van der Waals surface area contributed by atoms with Crippen LogP contribution in [0, 0.1) is 4.91 Å². The Morgan fingerprint density at radius 3 is 1.70 bits per heavy atom. The van der Waals surface area contributed by atoms with Gasteiger partial charge in [-0.2, -0.15) is 0 Å². The SMILES string of the molecule is CC[Si](CC)(CC)ON=O. The third kappa shape index (κ3) is 2.09. The molecule has 0 N–H and O–H groups in total. The quantitative estimate of drug-likeness (QED) is 0.353. The van der Waals surface area contributed by atoms with Gasteiger partial charge in [-0.25, -0.2) is 0 Å². The first-order chi connectivity index (χ1) is 4.74. The largest absolute Gasteiger partial charge is 0.424 e. The summed E-state index contributed by atoms with van der Waals surface area (Å²) in [5, 5.41) is 2.53. The molecule has 0 saturated heterocycles. The van der Waals surface area contributed by atoms with Gasteiger partial charge in [0.2, 0.25) is 0 Å². The van der Waals surface area contributed by atoms with Crippen LogP contribution in [0.2, 0.25) is 18.1 Å². The molecule has 0 fully saturated rings. The average molecular weight is 161 g/mol. The summed E-state index contributed by atoms with van der Waals surface area (Å²) >= 11 is 0. The molecule has 0 aromatic rings. The molecule has 0 saturated carbocycles. The zero-order valence-electron chi connectivity index (χ0n) is 6.89. The summed E-state index contributed by atoms with van der Waals surface area (Å²) in [5.74, 6) is 0. The Hall–Kier alpha value is -0.383. The van der Waals surface area contributed by atoms with Crippen molar-refractivity contribution in [2.75, 3.05) is 0 Å². The van der Waals surface area contributed by atoms with Crippen molar-refractivity contribution in [2.45, 2.75) is 38.9 Å². The van der Waals surface area contributed by atoms with Crippen LogP contribution in [0.5, 0.6) is 0 Å². The van der Waals surface area contributed by atoms with Crippen LogP contribution in [0.4, 0.5) is 0 Å². The highest BCUT2D eigenvalue weighted by Gasteiger charge is 2.31. The third-order valence-corrected chi connectivity index (χ3v) is 6.49. The molecule has 0 rings (SSSR count). The highest BCUT2D eigenvalue weighted by atomic mass is 28.4. The fraction of sp³-hybridized carbons (Fsp3) is 1.00. The molecule has 0 aliphatic heterocycles. The molecule has 0 spiro atoms. The van der Waals surface area contributed by atoms with Gasteiger partial charge < -0.3 is 4.53 Å². The Bertz CT molecular complexity index is 95.7. The minimum Gasteiger partial charge on any atom is -0.424 e. The number of hydrogen-bond donors (Lipinski definition) is 0. The normalized spacial score (nSPS) is 11.1. The zero-order valence-corrected chi connectivity index (χ0v) is 7.89. The van der Waals surface area contributed by atoms with Crippen LogP contribution in [0.1, 0.15) is 20.8 Å². The third-order valence-electron chi connectivity index (χ3n) is 2.16. The van der Waals surface area contributed by atoms with E-state index in [1.54, 1.807) is 0 Å². The molecule has 0 aliphatic carbocycles. The van der Waals surface area contributed by atoms with Crippen LogP contribution in [-0.2, 0) is 4.53 Å². The Labute approximate surface area is 62.8 Å². The predicted octanol–water partition coefficient (Wildman–Crippen LogP) is 2.69. The second-order valence-electron chi connectivity index (χ2n) is 2.41. The van der Waals surface area contributed by atoms with Crippen LogP contribution in [0.3, 0.4) is 0 Å². The van der Waals surface area contributed by atoms with Crippen molar-refractivity contribution in [3.8, 4) is 0 Å². The molecule has 0 aromatic heterocycles. The minimum atomic E-state index is -1.70. The van der Waals surface area contributed by atoms with Gasteiger partial charge in [-0.15, -0.1) is 4.91 Å². The number of hydrogen-bond acceptors (Lipinski definition) is 3. The van der Waals surface area contributed by atoms with E-state index in [0.29, 0.717) is 0 Å². The van der Waals surface area contributed by atoms with Crippen molar-refractivity contribution in [1.82, 2.24) is 0 Å². The molecule has 0 radical (unpaired) electrons. The first-order valence-electron chi connectivity index (χ1n) is 3.75. The number of rotatable bonds is 5. The first-order valence-corrected chi connectivity index (χ1v) is 6.28. The van der Waals surface area contributed by atoms with Crippen LogP contribution in [0.15, 0.2) is 5.34 Å². The van der Waals surface area contributed by atoms with Crippen molar-refractivity contribution in [1.29, 1.82) is 0 Å². The van der Waals surface area contributed by atoms with Gasteiger partial charge >= 0.3 is 0 Å². The standard InChI is InChI=1S/C6H15NO2Si/c1-4-10(5-2,6-3)9-7-8/h4-6H2,1-3H3. The lowest BCUT2D eigenvalue weighted by atomic mass is 10.9. The molecule has 10 heavy (non-hydrogen) atoms. The van der Waals surface area contributed by atoms with E-state index in [0.717, 1.165) is 18.1 Å². The predicted molar refractivity (Wildman–Crippen MR) is 44.1 cm³/mol. The lowest BCUT2D eigenvalue weighted by Crippen LogP contribution is -2.33. The van der Waals surface area contributed by atoms with E-state index in [4.69, 9.17) is 4.53 Å². The van der Waals surface area contributed by atoms with E-state index in [1.807, 2.05) is 0 Å². The fourth-order valence-electron chi connectivity index (χ4n) is 1.02. The second-order valence-corrected chi connectivity index (χ2v) is 7.08. The highest BCUT2D eigenvalue weighted by Crippen LogP contribution is 2.21.